The molecule has 2 aliphatic rings. The Morgan fingerprint density at radius 3 is 2.59 bits per heavy atom. The summed E-state index contributed by atoms with van der Waals surface area (Å²) in [6, 6.07) is 3.91. The highest BCUT2D eigenvalue weighted by Gasteiger charge is 2.56. The van der Waals surface area contributed by atoms with E-state index in [0.717, 1.165) is 11.4 Å². The lowest BCUT2D eigenvalue weighted by Gasteiger charge is -2.24. The number of ether oxygens (including phenoxy) is 3. The summed E-state index contributed by atoms with van der Waals surface area (Å²) in [6.07, 6.45) is -0.535. The van der Waals surface area contributed by atoms with E-state index in [4.69, 9.17) is 14.2 Å². The highest BCUT2D eigenvalue weighted by atomic mass is 16.8. The minimum Gasteiger partial charge on any atom is -0.394 e. The number of aliphatic hydroxyl groups is 1. The fourth-order valence-corrected chi connectivity index (χ4v) is 4.24. The monoisotopic (exact) mass is 401 g/mol. The molecule has 5 rings (SSSR count). The Labute approximate surface area is 166 Å². The van der Waals surface area contributed by atoms with Crippen molar-refractivity contribution >= 4 is 11.2 Å². The number of H-pyrrole nitrogens is 1. The number of imidazole rings is 1. The minimum absolute atomic E-state index is 0.204. The molecule has 0 radical (unpaired) electrons. The molecule has 2 fully saturated rings. The summed E-state index contributed by atoms with van der Waals surface area (Å²) in [4.78, 5) is 24.4. The van der Waals surface area contributed by atoms with E-state index < -0.39 is 30.3 Å². The van der Waals surface area contributed by atoms with Gasteiger partial charge in [-0.15, -0.1) is 0 Å². The summed E-state index contributed by atoms with van der Waals surface area (Å²) in [5.41, 5.74) is 2.15. The van der Waals surface area contributed by atoms with Crippen LogP contribution in [0.4, 0.5) is 0 Å². The van der Waals surface area contributed by atoms with Gasteiger partial charge >= 0.3 is 0 Å². The van der Waals surface area contributed by atoms with Crippen molar-refractivity contribution in [3.8, 4) is 5.95 Å². The number of aliphatic hydroxyl groups excluding tert-OH is 1. The molecule has 0 amide bonds. The Morgan fingerprint density at radius 2 is 1.90 bits per heavy atom. The molecule has 0 unspecified atom stereocenters. The first kappa shape index (κ1) is 18.5. The van der Waals surface area contributed by atoms with Crippen molar-refractivity contribution in [3.05, 3.63) is 40.2 Å². The minimum atomic E-state index is -0.795. The highest BCUT2D eigenvalue weighted by molar-refractivity contribution is 5.70. The zero-order chi connectivity index (χ0) is 20.5. The van der Waals surface area contributed by atoms with E-state index in [1.807, 2.05) is 44.4 Å². The zero-order valence-corrected chi connectivity index (χ0v) is 16.6. The van der Waals surface area contributed by atoms with Gasteiger partial charge in [0, 0.05) is 11.4 Å². The van der Waals surface area contributed by atoms with Crippen LogP contribution in [0, 0.1) is 13.8 Å². The van der Waals surface area contributed by atoms with Gasteiger partial charge in [0.25, 0.3) is 5.56 Å². The number of aromatic amines is 1. The molecule has 2 aliphatic heterocycles. The molecule has 5 heterocycles. The third kappa shape index (κ3) is 2.75. The van der Waals surface area contributed by atoms with E-state index in [0.29, 0.717) is 11.6 Å². The van der Waals surface area contributed by atoms with Gasteiger partial charge in [-0.25, -0.2) is 4.98 Å². The number of fused-ring (bicyclic) bond motifs is 2. The normalized spacial score (nSPS) is 28.3. The number of hydrogen-bond acceptors (Lipinski definition) is 7. The van der Waals surface area contributed by atoms with E-state index in [1.165, 1.54) is 6.33 Å². The summed E-state index contributed by atoms with van der Waals surface area (Å²) >= 11 is 0. The fraction of sp³-hybridized carbons (Fsp3) is 0.526. The molecular weight excluding hydrogens is 378 g/mol. The number of aryl methyl sites for hydroxylation is 2. The lowest BCUT2D eigenvalue weighted by atomic mass is 10.1. The first-order valence-corrected chi connectivity index (χ1v) is 9.53. The molecule has 0 aliphatic carbocycles. The van der Waals surface area contributed by atoms with Crippen LogP contribution in [0.5, 0.6) is 0 Å². The van der Waals surface area contributed by atoms with Crippen LogP contribution < -0.4 is 5.56 Å². The fourth-order valence-electron chi connectivity index (χ4n) is 4.24. The standard InChI is InChI=1S/C19H23N5O5/c1-9-5-6-10(2)24(9)18-21-15-12(16(26)22-18)20-8-23(15)17-14-13(11(7-25)27-17)28-19(3,4)29-14/h5-6,8,11,13-14,17,25H,7H2,1-4H3,(H,21,22,26)/t11-,13-,14-,17-/m1/s1. The molecule has 0 aromatic carbocycles. The number of nitrogens with zero attached hydrogens (tertiary/aromatic N) is 4. The quantitative estimate of drug-likeness (QED) is 0.671. The van der Waals surface area contributed by atoms with Crippen molar-refractivity contribution in [3.63, 3.8) is 0 Å². The lowest BCUT2D eigenvalue weighted by molar-refractivity contribution is -0.199. The smallest absolute Gasteiger partial charge is 0.280 e. The van der Waals surface area contributed by atoms with Crippen LogP contribution in [0.3, 0.4) is 0 Å². The maximum Gasteiger partial charge on any atom is 0.280 e. The van der Waals surface area contributed by atoms with Gasteiger partial charge in [0.05, 0.1) is 12.9 Å². The third-order valence-corrected chi connectivity index (χ3v) is 5.48. The largest absolute Gasteiger partial charge is 0.394 e. The van der Waals surface area contributed by atoms with E-state index >= 15 is 0 Å². The summed E-state index contributed by atoms with van der Waals surface area (Å²) in [7, 11) is 0. The molecule has 29 heavy (non-hydrogen) atoms. The average Bonchev–Trinajstić information content (AvgIpc) is 3.37. The molecule has 10 nitrogen and oxygen atoms in total. The Morgan fingerprint density at radius 1 is 1.21 bits per heavy atom. The Bertz CT molecular complexity index is 1130. The van der Waals surface area contributed by atoms with Gasteiger partial charge in [-0.2, -0.15) is 4.98 Å². The molecule has 0 spiro atoms. The average molecular weight is 401 g/mol. The predicted molar refractivity (Wildman–Crippen MR) is 102 cm³/mol. The Kier molecular flexibility index (Phi) is 3.97. The zero-order valence-electron chi connectivity index (χ0n) is 16.6. The van der Waals surface area contributed by atoms with Crippen LogP contribution >= 0.6 is 0 Å². The van der Waals surface area contributed by atoms with Crippen molar-refractivity contribution in [1.82, 2.24) is 24.1 Å². The van der Waals surface area contributed by atoms with Crippen LogP contribution in [0.25, 0.3) is 17.1 Å². The summed E-state index contributed by atoms with van der Waals surface area (Å²) in [5.74, 6) is -0.391. The summed E-state index contributed by atoms with van der Waals surface area (Å²) < 4.78 is 21.5. The maximum absolute atomic E-state index is 12.7. The second-order valence-corrected chi connectivity index (χ2v) is 7.98. The number of nitrogens with one attached hydrogen (secondary N) is 1. The molecule has 2 N–H and O–H groups in total. The molecule has 3 aromatic heterocycles. The van der Waals surface area contributed by atoms with Crippen LogP contribution in [-0.4, -0.2) is 59.9 Å². The van der Waals surface area contributed by atoms with Gasteiger partial charge in [-0.1, -0.05) is 0 Å². The molecule has 3 aromatic rings. The topological polar surface area (TPSA) is 116 Å². The van der Waals surface area contributed by atoms with E-state index in [-0.39, 0.29) is 17.7 Å². The van der Waals surface area contributed by atoms with E-state index in [9.17, 15) is 9.90 Å². The van der Waals surface area contributed by atoms with Crippen LogP contribution in [-0.2, 0) is 14.2 Å². The lowest BCUT2D eigenvalue weighted by Crippen LogP contribution is -2.31. The maximum atomic E-state index is 12.7. The van der Waals surface area contributed by atoms with Gasteiger partial charge in [0.2, 0.25) is 5.95 Å². The van der Waals surface area contributed by atoms with E-state index in [1.54, 1.807) is 4.57 Å². The van der Waals surface area contributed by atoms with Gasteiger partial charge in [-0.05, 0) is 39.8 Å². The number of rotatable bonds is 3. The molecule has 10 heteroatoms. The summed E-state index contributed by atoms with van der Waals surface area (Å²) in [6.45, 7) is 7.32. The van der Waals surface area contributed by atoms with Gasteiger partial charge in [0.1, 0.15) is 18.3 Å². The van der Waals surface area contributed by atoms with Crippen molar-refractivity contribution in [2.75, 3.05) is 6.61 Å². The number of aromatic nitrogens is 5. The molecule has 154 valence electrons. The van der Waals surface area contributed by atoms with E-state index in [2.05, 4.69) is 15.0 Å². The van der Waals surface area contributed by atoms with Crippen molar-refractivity contribution in [2.24, 2.45) is 0 Å². The second kappa shape index (κ2) is 6.23. The molecule has 0 saturated carbocycles. The molecule has 4 atom stereocenters. The van der Waals surface area contributed by atoms with Crippen LogP contribution in [0.2, 0.25) is 0 Å². The SMILES string of the molecule is Cc1ccc(C)n1-c1nc2c(ncn2[C@@H]2O[C@H](CO)[C@H]3OC(C)(C)O[C@H]32)c(=O)[nH]1. The van der Waals surface area contributed by atoms with Gasteiger partial charge in [-0.3, -0.25) is 18.9 Å². The highest BCUT2D eigenvalue weighted by Crippen LogP contribution is 2.43. The molecular formula is C19H23N5O5. The number of hydrogen-bond donors (Lipinski definition) is 2. The Hall–Kier alpha value is -2.53. The Balaban J connectivity index is 1.64. The first-order valence-electron chi connectivity index (χ1n) is 9.53. The third-order valence-electron chi connectivity index (χ3n) is 5.48. The van der Waals surface area contributed by atoms with Crippen LogP contribution in [0.15, 0.2) is 23.3 Å². The predicted octanol–water partition coefficient (Wildman–Crippen LogP) is 0.937. The molecule has 2 saturated heterocycles. The van der Waals surface area contributed by atoms with Gasteiger partial charge in [0.15, 0.2) is 23.2 Å². The van der Waals surface area contributed by atoms with Crippen molar-refractivity contribution < 1.29 is 19.3 Å². The van der Waals surface area contributed by atoms with Crippen LogP contribution in [0.1, 0.15) is 31.5 Å². The van der Waals surface area contributed by atoms with Crippen molar-refractivity contribution in [2.45, 2.75) is 58.0 Å². The molecule has 0 bridgehead atoms. The van der Waals surface area contributed by atoms with Gasteiger partial charge < -0.3 is 19.3 Å². The second-order valence-electron chi connectivity index (χ2n) is 7.98. The summed E-state index contributed by atoms with van der Waals surface area (Å²) in [5, 5.41) is 9.73. The first-order chi connectivity index (χ1) is 13.8. The van der Waals surface area contributed by atoms with Crippen molar-refractivity contribution in [1.29, 1.82) is 0 Å².